The molecule has 1 unspecified atom stereocenters. The van der Waals surface area contributed by atoms with Crippen LogP contribution in [0, 0.1) is 0 Å². The van der Waals surface area contributed by atoms with Gasteiger partial charge >= 0.3 is 0 Å². The zero-order valence-electron chi connectivity index (χ0n) is 12.4. The lowest BCUT2D eigenvalue weighted by Gasteiger charge is -2.30. The Morgan fingerprint density at radius 1 is 1.32 bits per heavy atom. The number of nitrogens with one attached hydrogen (secondary N) is 2. The zero-order valence-corrected chi connectivity index (χ0v) is 12.4. The van der Waals surface area contributed by atoms with Crippen LogP contribution in [0.2, 0.25) is 0 Å². The number of nitrogens with zero attached hydrogens (tertiary/aromatic N) is 3. The molecule has 1 aromatic heterocycles. The van der Waals surface area contributed by atoms with E-state index in [4.69, 9.17) is 0 Å². The third-order valence-electron chi connectivity index (χ3n) is 3.70. The van der Waals surface area contributed by atoms with Gasteiger partial charge in [0.1, 0.15) is 0 Å². The minimum atomic E-state index is 0.532. The summed E-state index contributed by atoms with van der Waals surface area (Å²) in [4.78, 5) is 12.4. The van der Waals surface area contributed by atoms with Crippen LogP contribution in [0.5, 0.6) is 0 Å². The first-order chi connectivity index (χ1) is 9.19. The largest absolute Gasteiger partial charge is 0.347 e. The number of hydrogen-bond donors (Lipinski definition) is 2. The van der Waals surface area contributed by atoms with Crippen molar-refractivity contribution >= 4 is 0 Å². The van der Waals surface area contributed by atoms with Gasteiger partial charge in [-0.15, -0.1) is 0 Å². The zero-order chi connectivity index (χ0) is 13.7. The molecule has 19 heavy (non-hydrogen) atoms. The maximum Gasteiger partial charge on any atom is 0.0925 e. The Morgan fingerprint density at radius 3 is 2.89 bits per heavy atom. The molecule has 2 heterocycles. The van der Waals surface area contributed by atoms with Gasteiger partial charge in [0.15, 0.2) is 0 Å². The van der Waals surface area contributed by atoms with Crippen molar-refractivity contribution in [3.63, 3.8) is 0 Å². The topological polar surface area (TPSA) is 47.2 Å². The molecule has 0 fully saturated rings. The second-order valence-corrected chi connectivity index (χ2v) is 5.71. The van der Waals surface area contributed by atoms with Gasteiger partial charge in [0.2, 0.25) is 0 Å². The van der Waals surface area contributed by atoms with E-state index in [0.717, 1.165) is 32.6 Å². The summed E-state index contributed by atoms with van der Waals surface area (Å²) in [6.45, 7) is 7.75. The molecule has 1 atom stereocenters. The molecule has 2 N–H and O–H groups in total. The van der Waals surface area contributed by atoms with Crippen LogP contribution in [0.3, 0.4) is 0 Å². The molecule has 5 nitrogen and oxygen atoms in total. The van der Waals surface area contributed by atoms with Gasteiger partial charge in [-0.1, -0.05) is 6.92 Å². The highest BCUT2D eigenvalue weighted by molar-refractivity contribution is 5.15. The number of H-pyrrole nitrogens is 1. The molecule has 0 amide bonds. The highest BCUT2D eigenvalue weighted by Crippen LogP contribution is 2.13. The Labute approximate surface area is 116 Å². The standard InChI is InChI=1S/C14H27N5/c1-4-5-19(7-6-18(2)3)10-12-8-13-14(9-15-12)17-11-16-13/h11-12,15H,4-10H2,1-3H3,(H,16,17). The fourth-order valence-electron chi connectivity index (χ4n) is 2.62. The van der Waals surface area contributed by atoms with Crippen LogP contribution in [0.4, 0.5) is 0 Å². The summed E-state index contributed by atoms with van der Waals surface area (Å²) in [7, 11) is 4.28. The lowest BCUT2D eigenvalue weighted by molar-refractivity contribution is 0.213. The Balaban J connectivity index is 1.84. The predicted octanol–water partition coefficient (Wildman–Crippen LogP) is 0.698. The highest BCUT2D eigenvalue weighted by atomic mass is 15.2. The maximum atomic E-state index is 4.41. The van der Waals surface area contributed by atoms with Crippen LogP contribution in [0.25, 0.3) is 0 Å². The van der Waals surface area contributed by atoms with Crippen molar-refractivity contribution < 1.29 is 0 Å². The van der Waals surface area contributed by atoms with Crippen molar-refractivity contribution in [3.8, 4) is 0 Å². The van der Waals surface area contributed by atoms with E-state index < -0.39 is 0 Å². The second-order valence-electron chi connectivity index (χ2n) is 5.71. The molecule has 1 aliphatic heterocycles. The molecule has 2 rings (SSSR count). The van der Waals surface area contributed by atoms with Gasteiger partial charge in [-0.25, -0.2) is 4.98 Å². The molecule has 5 heteroatoms. The summed E-state index contributed by atoms with van der Waals surface area (Å²) < 4.78 is 0. The minimum absolute atomic E-state index is 0.532. The number of aromatic nitrogens is 2. The molecule has 0 radical (unpaired) electrons. The van der Waals surface area contributed by atoms with E-state index in [-0.39, 0.29) is 0 Å². The van der Waals surface area contributed by atoms with Gasteiger partial charge < -0.3 is 20.1 Å². The fraction of sp³-hybridized carbons (Fsp3) is 0.786. The Bertz CT molecular complexity index is 374. The first-order valence-electron chi connectivity index (χ1n) is 7.30. The Morgan fingerprint density at radius 2 is 2.16 bits per heavy atom. The van der Waals surface area contributed by atoms with Crippen molar-refractivity contribution in [1.29, 1.82) is 0 Å². The van der Waals surface area contributed by atoms with Crippen molar-refractivity contribution in [2.45, 2.75) is 32.4 Å². The SMILES string of the molecule is CCCN(CCN(C)C)CC1Cc2nc[nH]c2CN1. The number of imidazole rings is 1. The summed E-state index contributed by atoms with van der Waals surface area (Å²) in [5.41, 5.74) is 2.50. The van der Waals surface area contributed by atoms with E-state index in [0.29, 0.717) is 6.04 Å². The average Bonchev–Trinajstić information content (AvgIpc) is 2.83. The number of fused-ring (bicyclic) bond motifs is 1. The molecule has 1 aliphatic rings. The predicted molar refractivity (Wildman–Crippen MR) is 78.2 cm³/mol. The monoisotopic (exact) mass is 265 g/mol. The average molecular weight is 265 g/mol. The van der Waals surface area contributed by atoms with E-state index in [9.17, 15) is 0 Å². The van der Waals surface area contributed by atoms with Crippen LogP contribution in [0.1, 0.15) is 24.7 Å². The third kappa shape index (κ3) is 4.30. The Hall–Kier alpha value is -0.910. The summed E-state index contributed by atoms with van der Waals surface area (Å²) >= 11 is 0. The fourth-order valence-corrected chi connectivity index (χ4v) is 2.62. The van der Waals surface area contributed by atoms with Crippen LogP contribution in [-0.4, -0.2) is 66.1 Å². The molecule has 108 valence electrons. The summed E-state index contributed by atoms with van der Waals surface area (Å²) in [5.74, 6) is 0. The maximum absolute atomic E-state index is 4.41. The van der Waals surface area contributed by atoms with E-state index in [1.54, 1.807) is 0 Å². The van der Waals surface area contributed by atoms with Crippen molar-refractivity contribution in [3.05, 3.63) is 17.7 Å². The van der Waals surface area contributed by atoms with Gasteiger partial charge in [0.25, 0.3) is 0 Å². The van der Waals surface area contributed by atoms with E-state index in [2.05, 4.69) is 46.1 Å². The van der Waals surface area contributed by atoms with Crippen LogP contribution < -0.4 is 5.32 Å². The van der Waals surface area contributed by atoms with E-state index >= 15 is 0 Å². The van der Waals surface area contributed by atoms with Gasteiger partial charge in [0.05, 0.1) is 17.7 Å². The third-order valence-corrected chi connectivity index (χ3v) is 3.70. The van der Waals surface area contributed by atoms with Crippen LogP contribution in [0.15, 0.2) is 6.33 Å². The summed E-state index contributed by atoms with van der Waals surface area (Å²) in [5, 5.41) is 3.61. The van der Waals surface area contributed by atoms with Crippen molar-refractivity contribution in [1.82, 2.24) is 25.1 Å². The van der Waals surface area contributed by atoms with Gasteiger partial charge in [-0.2, -0.15) is 0 Å². The van der Waals surface area contributed by atoms with E-state index in [1.165, 1.54) is 24.4 Å². The molecule has 0 saturated carbocycles. The van der Waals surface area contributed by atoms with Crippen molar-refractivity contribution in [2.24, 2.45) is 0 Å². The van der Waals surface area contributed by atoms with Crippen LogP contribution >= 0.6 is 0 Å². The first-order valence-corrected chi connectivity index (χ1v) is 7.30. The quantitative estimate of drug-likeness (QED) is 0.762. The molecule has 0 aliphatic carbocycles. The molecular weight excluding hydrogens is 238 g/mol. The summed E-state index contributed by atoms with van der Waals surface area (Å²) in [6, 6.07) is 0.532. The second kappa shape index (κ2) is 7.03. The highest BCUT2D eigenvalue weighted by Gasteiger charge is 2.21. The number of aromatic amines is 1. The van der Waals surface area contributed by atoms with Crippen molar-refractivity contribution in [2.75, 3.05) is 40.3 Å². The van der Waals surface area contributed by atoms with Gasteiger partial charge in [-0.05, 0) is 27.1 Å². The number of hydrogen-bond acceptors (Lipinski definition) is 4. The number of likely N-dealkylation sites (N-methyl/N-ethyl adjacent to an activating group) is 1. The Kier molecular flexibility index (Phi) is 5.36. The van der Waals surface area contributed by atoms with E-state index in [1.807, 2.05) is 6.33 Å². The van der Waals surface area contributed by atoms with Gasteiger partial charge in [-0.3, -0.25) is 0 Å². The van der Waals surface area contributed by atoms with Gasteiger partial charge in [0, 0.05) is 38.6 Å². The minimum Gasteiger partial charge on any atom is -0.347 e. The molecule has 0 saturated heterocycles. The number of rotatable bonds is 7. The molecule has 0 spiro atoms. The molecule has 0 aromatic carbocycles. The normalized spacial score (nSPS) is 19.1. The molecular formula is C14H27N5. The lowest BCUT2D eigenvalue weighted by atomic mass is 10.0. The summed E-state index contributed by atoms with van der Waals surface area (Å²) in [6.07, 6.45) is 4.07. The lowest BCUT2D eigenvalue weighted by Crippen LogP contribution is -2.46. The smallest absolute Gasteiger partial charge is 0.0925 e. The molecule has 1 aromatic rings. The van der Waals surface area contributed by atoms with Crippen LogP contribution in [-0.2, 0) is 13.0 Å². The first kappa shape index (κ1) is 14.5. The molecule has 0 bridgehead atoms.